The van der Waals surface area contributed by atoms with E-state index in [1.54, 1.807) is 24.0 Å². The van der Waals surface area contributed by atoms with E-state index in [4.69, 9.17) is 14.2 Å². The number of nitrogens with one attached hydrogen (secondary N) is 1. The number of benzene rings is 3. The molecule has 0 aromatic heterocycles. The van der Waals surface area contributed by atoms with Gasteiger partial charge < -0.3 is 19.5 Å². The zero-order valence-electron chi connectivity index (χ0n) is 25.5. The van der Waals surface area contributed by atoms with E-state index < -0.39 is 23.8 Å². The van der Waals surface area contributed by atoms with Crippen LogP contribution in [0.5, 0.6) is 0 Å². The van der Waals surface area contributed by atoms with Crippen LogP contribution in [0.15, 0.2) is 54.6 Å². The average Bonchev–Trinajstić information content (AvgIpc) is 3.41. The highest BCUT2D eigenvalue weighted by Gasteiger charge is 2.37. The standard InChI is InChI=1S/C34H40N2O6/c1-8-40-32(38)30(42-34(5,6)7)28-22(3)26-18-36(33(39)41-20-24-12-10-9-11-13-24)19-27(26)23(4)29(28)35-31(37)25-16-14-21(2)15-17-25/h9-17,30H,8,18-20H2,1-7H3,(H,35,37)/t30-/m0/s1. The van der Waals surface area contributed by atoms with Crippen LogP contribution in [0.2, 0.25) is 0 Å². The van der Waals surface area contributed by atoms with Gasteiger partial charge in [-0.1, -0.05) is 48.0 Å². The van der Waals surface area contributed by atoms with E-state index in [-0.39, 0.29) is 19.1 Å². The molecule has 0 spiro atoms. The van der Waals surface area contributed by atoms with Crippen molar-refractivity contribution >= 4 is 23.7 Å². The summed E-state index contributed by atoms with van der Waals surface area (Å²) in [5.41, 5.74) is 6.07. The number of amides is 2. The molecular formula is C34H40N2O6. The summed E-state index contributed by atoms with van der Waals surface area (Å²) in [5.74, 6) is -0.855. The number of rotatable bonds is 8. The average molecular weight is 573 g/mol. The Morgan fingerprint density at radius 2 is 1.50 bits per heavy atom. The van der Waals surface area contributed by atoms with Gasteiger partial charge in [0.05, 0.1) is 24.4 Å². The van der Waals surface area contributed by atoms with Gasteiger partial charge in [0.15, 0.2) is 6.10 Å². The maximum Gasteiger partial charge on any atom is 0.410 e. The lowest BCUT2D eigenvalue weighted by Crippen LogP contribution is -2.31. The van der Waals surface area contributed by atoms with Gasteiger partial charge in [-0.3, -0.25) is 9.69 Å². The smallest absolute Gasteiger partial charge is 0.410 e. The predicted octanol–water partition coefficient (Wildman–Crippen LogP) is 6.94. The first kappa shape index (κ1) is 30.8. The van der Waals surface area contributed by atoms with Gasteiger partial charge in [0.2, 0.25) is 0 Å². The Bertz CT molecular complexity index is 1460. The quantitative estimate of drug-likeness (QED) is 0.294. The normalized spacial score (nSPS) is 13.4. The molecule has 42 heavy (non-hydrogen) atoms. The van der Waals surface area contributed by atoms with E-state index in [0.717, 1.165) is 33.4 Å². The molecule has 1 heterocycles. The van der Waals surface area contributed by atoms with E-state index in [2.05, 4.69) is 5.32 Å². The summed E-state index contributed by atoms with van der Waals surface area (Å²) in [7, 11) is 0. The van der Waals surface area contributed by atoms with Crippen LogP contribution < -0.4 is 5.32 Å². The number of carbonyl (C=O) groups is 3. The Kier molecular flexibility index (Phi) is 9.36. The zero-order valence-corrected chi connectivity index (χ0v) is 25.5. The predicted molar refractivity (Wildman–Crippen MR) is 161 cm³/mol. The van der Waals surface area contributed by atoms with E-state index in [0.29, 0.717) is 29.9 Å². The fourth-order valence-electron chi connectivity index (χ4n) is 5.14. The minimum absolute atomic E-state index is 0.165. The van der Waals surface area contributed by atoms with Crippen molar-refractivity contribution in [1.29, 1.82) is 0 Å². The number of ether oxygens (including phenoxy) is 3. The summed E-state index contributed by atoms with van der Waals surface area (Å²) in [6.07, 6.45) is -1.53. The molecule has 3 aromatic carbocycles. The van der Waals surface area contributed by atoms with Crippen LogP contribution in [0.1, 0.15) is 83.1 Å². The zero-order chi connectivity index (χ0) is 30.6. The van der Waals surface area contributed by atoms with Crippen LogP contribution in [0.3, 0.4) is 0 Å². The van der Waals surface area contributed by atoms with Crippen LogP contribution in [0.4, 0.5) is 10.5 Å². The lowest BCUT2D eigenvalue weighted by Gasteiger charge is -2.30. The molecule has 1 aliphatic heterocycles. The summed E-state index contributed by atoms with van der Waals surface area (Å²) < 4.78 is 17.4. The molecule has 8 nitrogen and oxygen atoms in total. The Hall–Kier alpha value is -4.17. The lowest BCUT2D eigenvalue weighted by molar-refractivity contribution is -0.166. The highest BCUT2D eigenvalue weighted by molar-refractivity contribution is 6.06. The first-order valence-electron chi connectivity index (χ1n) is 14.2. The van der Waals surface area contributed by atoms with Crippen LogP contribution in [0.25, 0.3) is 0 Å². The molecule has 1 N–H and O–H groups in total. The Labute approximate surface area is 248 Å². The van der Waals surface area contributed by atoms with Gasteiger partial charge in [-0.25, -0.2) is 9.59 Å². The van der Waals surface area contributed by atoms with Crippen LogP contribution in [-0.4, -0.2) is 35.1 Å². The van der Waals surface area contributed by atoms with Gasteiger partial charge in [-0.2, -0.15) is 0 Å². The Morgan fingerprint density at radius 3 is 2.10 bits per heavy atom. The van der Waals surface area contributed by atoms with Gasteiger partial charge in [0.25, 0.3) is 5.91 Å². The van der Waals surface area contributed by atoms with Crippen molar-refractivity contribution in [3.63, 3.8) is 0 Å². The third-order valence-corrected chi connectivity index (χ3v) is 7.27. The van der Waals surface area contributed by atoms with E-state index >= 15 is 0 Å². The topological polar surface area (TPSA) is 94.2 Å². The van der Waals surface area contributed by atoms with Crippen molar-refractivity contribution in [2.75, 3.05) is 11.9 Å². The van der Waals surface area contributed by atoms with Crippen LogP contribution >= 0.6 is 0 Å². The number of nitrogens with zero attached hydrogens (tertiary/aromatic N) is 1. The highest BCUT2D eigenvalue weighted by atomic mass is 16.6. The minimum atomic E-state index is -1.10. The Balaban J connectivity index is 1.76. The second-order valence-corrected chi connectivity index (χ2v) is 11.6. The third kappa shape index (κ3) is 6.99. The molecule has 1 atom stereocenters. The summed E-state index contributed by atoms with van der Waals surface area (Å²) in [5, 5.41) is 3.08. The van der Waals surface area contributed by atoms with Crippen molar-refractivity contribution in [3.8, 4) is 0 Å². The van der Waals surface area contributed by atoms with Gasteiger partial charge in [0.1, 0.15) is 6.61 Å². The van der Waals surface area contributed by atoms with Gasteiger partial charge in [-0.15, -0.1) is 0 Å². The largest absolute Gasteiger partial charge is 0.464 e. The third-order valence-electron chi connectivity index (χ3n) is 7.27. The summed E-state index contributed by atoms with van der Waals surface area (Å²) in [6.45, 7) is 14.0. The maximum atomic E-state index is 13.5. The minimum Gasteiger partial charge on any atom is -0.464 e. The second-order valence-electron chi connectivity index (χ2n) is 11.6. The molecule has 0 saturated carbocycles. The lowest BCUT2D eigenvalue weighted by atomic mass is 9.89. The van der Waals surface area contributed by atoms with Gasteiger partial charge in [0, 0.05) is 17.7 Å². The number of hydrogen-bond acceptors (Lipinski definition) is 6. The number of esters is 1. The molecule has 4 rings (SSSR count). The van der Waals surface area contributed by atoms with E-state index in [1.807, 2.05) is 84.0 Å². The molecule has 0 saturated heterocycles. The molecule has 0 radical (unpaired) electrons. The molecule has 0 unspecified atom stereocenters. The fourth-order valence-corrected chi connectivity index (χ4v) is 5.14. The highest BCUT2D eigenvalue weighted by Crippen LogP contribution is 2.42. The van der Waals surface area contributed by atoms with Gasteiger partial charge in [-0.05, 0) is 88.4 Å². The number of hydrogen-bond donors (Lipinski definition) is 1. The summed E-state index contributed by atoms with van der Waals surface area (Å²) >= 11 is 0. The SMILES string of the molecule is CCOC(=O)[C@@H](OC(C)(C)C)c1c(C)c2c(c(C)c1NC(=O)c1ccc(C)cc1)CN(C(=O)OCc1ccccc1)C2. The molecule has 1 aliphatic rings. The van der Waals surface area contributed by atoms with E-state index in [1.165, 1.54) is 0 Å². The number of anilines is 1. The van der Waals surface area contributed by atoms with Crippen molar-refractivity contribution in [3.05, 3.63) is 99.1 Å². The van der Waals surface area contributed by atoms with Crippen molar-refractivity contribution in [2.45, 2.75) is 79.9 Å². The molecule has 0 bridgehead atoms. The molecule has 0 aliphatic carbocycles. The van der Waals surface area contributed by atoms with Crippen molar-refractivity contribution in [1.82, 2.24) is 4.90 Å². The van der Waals surface area contributed by atoms with Crippen LogP contribution in [-0.2, 0) is 38.7 Å². The maximum absolute atomic E-state index is 13.5. The number of fused-ring (bicyclic) bond motifs is 1. The molecule has 0 fully saturated rings. The molecule has 222 valence electrons. The fraction of sp³-hybridized carbons (Fsp3) is 0.382. The molecule has 3 aromatic rings. The first-order valence-corrected chi connectivity index (χ1v) is 14.2. The first-order chi connectivity index (χ1) is 19.9. The Morgan fingerprint density at radius 1 is 0.881 bits per heavy atom. The molecular weight excluding hydrogens is 532 g/mol. The summed E-state index contributed by atoms with van der Waals surface area (Å²) in [4.78, 5) is 41.6. The van der Waals surface area contributed by atoms with Crippen molar-refractivity contribution in [2.24, 2.45) is 0 Å². The second kappa shape index (κ2) is 12.8. The van der Waals surface area contributed by atoms with Crippen molar-refractivity contribution < 1.29 is 28.6 Å². The summed E-state index contributed by atoms with van der Waals surface area (Å²) in [6, 6.07) is 16.8. The van der Waals surface area contributed by atoms with Gasteiger partial charge >= 0.3 is 12.1 Å². The molecule has 2 amide bonds. The molecule has 8 heteroatoms. The van der Waals surface area contributed by atoms with Crippen LogP contribution in [0, 0.1) is 20.8 Å². The van der Waals surface area contributed by atoms with E-state index in [9.17, 15) is 14.4 Å². The monoisotopic (exact) mass is 572 g/mol. The number of aryl methyl sites for hydroxylation is 1. The number of carbonyl (C=O) groups excluding carboxylic acids is 3.